The summed E-state index contributed by atoms with van der Waals surface area (Å²) >= 11 is 0. The van der Waals surface area contributed by atoms with E-state index >= 15 is 0 Å². The van der Waals surface area contributed by atoms with Crippen LogP contribution in [0.2, 0.25) is 0 Å². The molecular weight excluding hydrogens is 178 g/mol. The largest absolute Gasteiger partial charge is 0.465 e. The van der Waals surface area contributed by atoms with Gasteiger partial charge in [0.05, 0.1) is 13.2 Å². The fraction of sp³-hybridized carbons (Fsp3) is 0.909. The van der Waals surface area contributed by atoms with Crippen molar-refractivity contribution in [2.24, 2.45) is 0 Å². The van der Waals surface area contributed by atoms with E-state index < -0.39 is 0 Å². The number of hydrogen-bond donors (Lipinski definition) is 0. The molecular formula is C11H23NO2. The Hall–Kier alpha value is -0.570. The molecule has 3 nitrogen and oxygen atoms in total. The highest BCUT2D eigenvalue weighted by Gasteiger charge is 2.15. The van der Waals surface area contributed by atoms with Crippen LogP contribution in [0.3, 0.4) is 0 Å². The molecule has 0 heterocycles. The lowest BCUT2D eigenvalue weighted by molar-refractivity contribution is -0.144. The molecule has 0 aliphatic heterocycles. The van der Waals surface area contributed by atoms with E-state index in [4.69, 9.17) is 4.74 Å². The third kappa shape index (κ3) is 5.22. The van der Waals surface area contributed by atoms with E-state index in [1.807, 2.05) is 6.92 Å². The molecule has 0 fully saturated rings. The Bertz CT molecular complexity index is 159. The molecule has 0 saturated carbocycles. The first kappa shape index (κ1) is 13.4. The molecule has 0 aliphatic rings. The maximum absolute atomic E-state index is 11.3. The Labute approximate surface area is 87.4 Å². The minimum Gasteiger partial charge on any atom is -0.465 e. The SMILES string of the molecule is CCCC(C)N(CC)CC(=O)OCC. The van der Waals surface area contributed by atoms with Gasteiger partial charge in [-0.05, 0) is 26.8 Å². The Morgan fingerprint density at radius 3 is 2.43 bits per heavy atom. The lowest BCUT2D eigenvalue weighted by Gasteiger charge is -2.26. The highest BCUT2D eigenvalue weighted by Crippen LogP contribution is 2.05. The predicted octanol–water partition coefficient (Wildman–Crippen LogP) is 2.06. The van der Waals surface area contributed by atoms with E-state index in [1.54, 1.807) is 0 Å². The van der Waals surface area contributed by atoms with Crippen LogP contribution in [-0.2, 0) is 9.53 Å². The summed E-state index contributed by atoms with van der Waals surface area (Å²) in [6, 6.07) is 0.467. The Morgan fingerprint density at radius 2 is 2.00 bits per heavy atom. The Balaban J connectivity index is 3.94. The lowest BCUT2D eigenvalue weighted by Crippen LogP contribution is -2.37. The van der Waals surface area contributed by atoms with Crippen molar-refractivity contribution in [2.45, 2.75) is 46.6 Å². The molecule has 0 aliphatic carbocycles. The van der Waals surface area contributed by atoms with Gasteiger partial charge in [0.15, 0.2) is 0 Å². The molecule has 0 aromatic carbocycles. The van der Waals surface area contributed by atoms with Crippen molar-refractivity contribution < 1.29 is 9.53 Å². The van der Waals surface area contributed by atoms with Crippen molar-refractivity contribution in [3.8, 4) is 0 Å². The van der Waals surface area contributed by atoms with E-state index in [0.717, 1.165) is 19.4 Å². The van der Waals surface area contributed by atoms with Gasteiger partial charge in [0.25, 0.3) is 0 Å². The fourth-order valence-corrected chi connectivity index (χ4v) is 1.55. The van der Waals surface area contributed by atoms with Gasteiger partial charge >= 0.3 is 5.97 Å². The molecule has 1 unspecified atom stereocenters. The number of carbonyl (C=O) groups excluding carboxylic acids is 1. The first-order valence-corrected chi connectivity index (χ1v) is 5.55. The molecule has 0 aromatic rings. The van der Waals surface area contributed by atoms with E-state index in [9.17, 15) is 4.79 Å². The van der Waals surface area contributed by atoms with Crippen molar-refractivity contribution in [1.29, 1.82) is 0 Å². The molecule has 0 rings (SSSR count). The number of ether oxygens (including phenoxy) is 1. The van der Waals surface area contributed by atoms with Gasteiger partial charge in [-0.2, -0.15) is 0 Å². The maximum Gasteiger partial charge on any atom is 0.320 e. The number of hydrogen-bond acceptors (Lipinski definition) is 3. The van der Waals surface area contributed by atoms with Gasteiger partial charge in [0.1, 0.15) is 0 Å². The highest BCUT2D eigenvalue weighted by atomic mass is 16.5. The normalized spacial score (nSPS) is 12.9. The van der Waals surface area contributed by atoms with E-state index in [1.165, 1.54) is 0 Å². The van der Waals surface area contributed by atoms with Gasteiger partial charge < -0.3 is 4.74 Å². The van der Waals surface area contributed by atoms with Gasteiger partial charge in [-0.1, -0.05) is 20.3 Å². The molecule has 0 bridgehead atoms. The third-order valence-electron chi connectivity index (χ3n) is 2.37. The zero-order chi connectivity index (χ0) is 11.0. The monoisotopic (exact) mass is 201 g/mol. The summed E-state index contributed by atoms with van der Waals surface area (Å²) < 4.78 is 4.92. The van der Waals surface area contributed by atoms with Crippen LogP contribution in [0.25, 0.3) is 0 Å². The number of likely N-dealkylation sites (N-methyl/N-ethyl adjacent to an activating group) is 1. The minimum absolute atomic E-state index is 0.114. The molecule has 0 spiro atoms. The van der Waals surface area contributed by atoms with Crippen LogP contribution in [0.5, 0.6) is 0 Å². The molecule has 0 saturated heterocycles. The van der Waals surface area contributed by atoms with Crippen molar-refractivity contribution in [2.75, 3.05) is 19.7 Å². The molecule has 0 radical (unpaired) electrons. The second kappa shape index (κ2) is 7.80. The van der Waals surface area contributed by atoms with Gasteiger partial charge in [-0.3, -0.25) is 9.69 Å². The Kier molecular flexibility index (Phi) is 7.48. The summed E-state index contributed by atoms with van der Waals surface area (Å²) in [6.07, 6.45) is 2.29. The van der Waals surface area contributed by atoms with Gasteiger partial charge in [-0.15, -0.1) is 0 Å². The number of nitrogens with zero attached hydrogens (tertiary/aromatic N) is 1. The van der Waals surface area contributed by atoms with Crippen molar-refractivity contribution in [3.05, 3.63) is 0 Å². The second-order valence-electron chi connectivity index (χ2n) is 3.51. The molecule has 1 atom stereocenters. The predicted molar refractivity (Wildman–Crippen MR) is 58.3 cm³/mol. The number of rotatable bonds is 7. The Morgan fingerprint density at radius 1 is 1.36 bits per heavy atom. The van der Waals surface area contributed by atoms with Crippen molar-refractivity contribution in [1.82, 2.24) is 4.90 Å². The van der Waals surface area contributed by atoms with Gasteiger partial charge in [-0.25, -0.2) is 0 Å². The minimum atomic E-state index is -0.114. The summed E-state index contributed by atoms with van der Waals surface area (Å²) in [5, 5.41) is 0. The lowest BCUT2D eigenvalue weighted by atomic mass is 10.1. The van der Waals surface area contributed by atoms with E-state index in [2.05, 4.69) is 25.7 Å². The molecule has 0 aromatic heterocycles. The van der Waals surface area contributed by atoms with E-state index in [0.29, 0.717) is 19.2 Å². The molecule has 3 heteroatoms. The van der Waals surface area contributed by atoms with Crippen LogP contribution < -0.4 is 0 Å². The molecule has 84 valence electrons. The standard InChI is InChI=1S/C11H23NO2/c1-5-8-10(4)12(6-2)9-11(13)14-7-3/h10H,5-9H2,1-4H3. The van der Waals surface area contributed by atoms with Crippen molar-refractivity contribution >= 4 is 5.97 Å². The zero-order valence-electron chi connectivity index (χ0n) is 9.88. The average molecular weight is 201 g/mol. The first-order chi connectivity index (χ1) is 6.65. The summed E-state index contributed by atoms with van der Waals surface area (Å²) in [7, 11) is 0. The molecule has 0 amide bonds. The quantitative estimate of drug-likeness (QED) is 0.590. The number of esters is 1. The first-order valence-electron chi connectivity index (χ1n) is 5.55. The van der Waals surface area contributed by atoms with Crippen LogP contribution in [0, 0.1) is 0 Å². The summed E-state index contributed by atoms with van der Waals surface area (Å²) in [5.41, 5.74) is 0. The van der Waals surface area contributed by atoms with Gasteiger partial charge in [0.2, 0.25) is 0 Å². The second-order valence-corrected chi connectivity index (χ2v) is 3.51. The topological polar surface area (TPSA) is 29.5 Å². The average Bonchev–Trinajstić information content (AvgIpc) is 2.15. The van der Waals surface area contributed by atoms with Crippen LogP contribution >= 0.6 is 0 Å². The molecule has 0 N–H and O–H groups in total. The van der Waals surface area contributed by atoms with Crippen LogP contribution in [0.15, 0.2) is 0 Å². The smallest absolute Gasteiger partial charge is 0.320 e. The fourth-order valence-electron chi connectivity index (χ4n) is 1.55. The van der Waals surface area contributed by atoms with E-state index in [-0.39, 0.29) is 5.97 Å². The summed E-state index contributed by atoms with van der Waals surface area (Å²) in [5.74, 6) is -0.114. The van der Waals surface area contributed by atoms with Crippen LogP contribution in [0.1, 0.15) is 40.5 Å². The summed E-state index contributed by atoms with van der Waals surface area (Å²) in [4.78, 5) is 13.4. The maximum atomic E-state index is 11.3. The highest BCUT2D eigenvalue weighted by molar-refractivity contribution is 5.71. The zero-order valence-corrected chi connectivity index (χ0v) is 9.88. The van der Waals surface area contributed by atoms with Crippen LogP contribution in [-0.4, -0.2) is 36.6 Å². The van der Waals surface area contributed by atoms with Crippen LogP contribution in [0.4, 0.5) is 0 Å². The van der Waals surface area contributed by atoms with Gasteiger partial charge in [0, 0.05) is 6.04 Å². The third-order valence-corrected chi connectivity index (χ3v) is 2.37. The number of carbonyl (C=O) groups is 1. The summed E-state index contributed by atoms with van der Waals surface area (Å²) in [6.45, 7) is 10.0. The molecule has 14 heavy (non-hydrogen) atoms. The van der Waals surface area contributed by atoms with Crippen molar-refractivity contribution in [3.63, 3.8) is 0 Å².